The molecule has 11 nitrogen and oxygen atoms in total. The lowest BCUT2D eigenvalue weighted by Crippen LogP contribution is -2.38. The van der Waals surface area contributed by atoms with Gasteiger partial charge in [0.25, 0.3) is 5.56 Å². The molecule has 5 aromatic rings. The molecular weight excluding hydrogens is 552 g/mol. The predicted molar refractivity (Wildman–Crippen MR) is 174 cm³/mol. The van der Waals surface area contributed by atoms with Crippen LogP contribution in [0, 0.1) is 0 Å². The molecule has 0 saturated carbocycles. The van der Waals surface area contributed by atoms with Crippen molar-refractivity contribution in [3.8, 4) is 0 Å². The standard InChI is InChI=1S/C33H34N10O/c44-32-29(40-28-8-4-14-35-19-28)15-23-17-37-33(41-26-11-9-25(10-12-26)39-27-7-3-13-34-18-27)42-31(23)43(32)20-24-16-36-21-38-30(24)22-5-1-2-6-22/h4-5,8-12,14-17,19,21,27,34,39-40H,1-3,6-7,13,18,20H2,(H,37,41,42). The minimum absolute atomic E-state index is 0.214. The van der Waals surface area contributed by atoms with E-state index in [0.29, 0.717) is 29.0 Å². The van der Waals surface area contributed by atoms with E-state index in [0.717, 1.165) is 66.8 Å². The molecule has 1 unspecified atom stereocenters. The third kappa shape index (κ3) is 6.13. The smallest absolute Gasteiger partial charge is 0.276 e. The summed E-state index contributed by atoms with van der Waals surface area (Å²) >= 11 is 0. The molecule has 5 heterocycles. The summed E-state index contributed by atoms with van der Waals surface area (Å²) in [6, 6.07) is 14.0. The highest BCUT2D eigenvalue weighted by molar-refractivity contribution is 5.81. The van der Waals surface area contributed by atoms with E-state index in [2.05, 4.69) is 59.4 Å². The summed E-state index contributed by atoms with van der Waals surface area (Å²) < 4.78 is 1.67. The van der Waals surface area contributed by atoms with Crippen molar-refractivity contribution in [2.75, 3.05) is 29.0 Å². The molecule has 1 aromatic carbocycles. The first-order chi connectivity index (χ1) is 21.7. The number of piperidine rings is 1. The first kappa shape index (κ1) is 27.7. The molecule has 11 heteroatoms. The average Bonchev–Trinajstić information content (AvgIpc) is 3.61. The van der Waals surface area contributed by atoms with Crippen LogP contribution in [0.25, 0.3) is 16.6 Å². The van der Waals surface area contributed by atoms with Gasteiger partial charge in [-0.05, 0) is 86.7 Å². The molecule has 7 rings (SSSR count). The van der Waals surface area contributed by atoms with Crippen LogP contribution in [0.2, 0.25) is 0 Å². The van der Waals surface area contributed by atoms with E-state index in [1.807, 2.05) is 24.3 Å². The second kappa shape index (κ2) is 12.6. The minimum Gasteiger partial charge on any atom is -0.381 e. The van der Waals surface area contributed by atoms with Crippen LogP contribution in [0.3, 0.4) is 0 Å². The molecule has 4 aromatic heterocycles. The Kier molecular flexibility index (Phi) is 7.92. The van der Waals surface area contributed by atoms with E-state index < -0.39 is 0 Å². The number of pyridine rings is 2. The largest absolute Gasteiger partial charge is 0.381 e. The van der Waals surface area contributed by atoms with Crippen molar-refractivity contribution < 1.29 is 0 Å². The fourth-order valence-corrected chi connectivity index (χ4v) is 5.86. The van der Waals surface area contributed by atoms with E-state index in [1.54, 1.807) is 41.7 Å². The molecule has 4 N–H and O–H groups in total. The van der Waals surface area contributed by atoms with Crippen LogP contribution in [-0.2, 0) is 6.54 Å². The SMILES string of the molecule is O=c1c(Nc2cccnc2)cc2cnc(Nc3ccc(NC4CCCNC4)cc3)nc2n1Cc1cncnc1C1=CCCC1. The van der Waals surface area contributed by atoms with Crippen LogP contribution >= 0.6 is 0 Å². The van der Waals surface area contributed by atoms with Crippen molar-refractivity contribution >= 4 is 45.3 Å². The number of nitrogens with zero attached hydrogens (tertiary/aromatic N) is 6. The van der Waals surface area contributed by atoms with Gasteiger partial charge in [-0.3, -0.25) is 14.3 Å². The van der Waals surface area contributed by atoms with Crippen LogP contribution in [-0.4, -0.2) is 48.6 Å². The maximum absolute atomic E-state index is 14.0. The number of fused-ring (bicyclic) bond motifs is 1. The molecule has 0 spiro atoms. The second-order valence-corrected chi connectivity index (χ2v) is 11.2. The summed E-state index contributed by atoms with van der Waals surface area (Å²) in [7, 11) is 0. The zero-order valence-corrected chi connectivity index (χ0v) is 24.3. The van der Waals surface area contributed by atoms with Gasteiger partial charge in [0, 0.05) is 53.5 Å². The number of allylic oxidation sites excluding steroid dienone is 2. The Hall–Kier alpha value is -5.16. The highest BCUT2D eigenvalue weighted by Gasteiger charge is 2.18. The van der Waals surface area contributed by atoms with Crippen molar-refractivity contribution in [3.63, 3.8) is 0 Å². The lowest BCUT2D eigenvalue weighted by Gasteiger charge is -2.24. The van der Waals surface area contributed by atoms with Gasteiger partial charge in [-0.25, -0.2) is 15.0 Å². The number of hydrogen-bond donors (Lipinski definition) is 4. The Morgan fingerprint density at radius 3 is 2.66 bits per heavy atom. The van der Waals surface area contributed by atoms with Gasteiger partial charge in [0.2, 0.25) is 5.95 Å². The number of hydrogen-bond acceptors (Lipinski definition) is 10. The number of benzene rings is 1. The fourth-order valence-electron chi connectivity index (χ4n) is 5.86. The Morgan fingerprint density at radius 2 is 1.86 bits per heavy atom. The molecule has 0 bridgehead atoms. The summed E-state index contributed by atoms with van der Waals surface area (Å²) in [6.07, 6.45) is 16.1. The molecule has 1 aliphatic heterocycles. The van der Waals surface area contributed by atoms with Crippen LogP contribution in [0.4, 0.5) is 28.7 Å². The fraction of sp³-hybridized carbons (Fsp3) is 0.273. The summed E-state index contributed by atoms with van der Waals surface area (Å²) in [6.45, 7) is 2.32. The summed E-state index contributed by atoms with van der Waals surface area (Å²) in [5.41, 5.74) is 6.30. The van der Waals surface area contributed by atoms with E-state index in [1.165, 1.54) is 12.0 Å². The molecular formula is C33H34N10O. The van der Waals surface area contributed by atoms with Gasteiger partial charge >= 0.3 is 0 Å². The number of nitrogens with one attached hydrogen (secondary N) is 4. The zero-order chi connectivity index (χ0) is 29.7. The minimum atomic E-state index is -0.214. The van der Waals surface area contributed by atoms with Crippen LogP contribution in [0.5, 0.6) is 0 Å². The van der Waals surface area contributed by atoms with Gasteiger partial charge in [-0.15, -0.1) is 0 Å². The van der Waals surface area contributed by atoms with Gasteiger partial charge in [-0.2, -0.15) is 4.98 Å². The maximum Gasteiger partial charge on any atom is 0.276 e. The van der Waals surface area contributed by atoms with E-state index >= 15 is 0 Å². The Morgan fingerprint density at radius 1 is 0.955 bits per heavy atom. The normalized spacial score (nSPS) is 16.5. The van der Waals surface area contributed by atoms with Crippen molar-refractivity contribution in [2.24, 2.45) is 0 Å². The third-order valence-electron chi connectivity index (χ3n) is 8.04. The van der Waals surface area contributed by atoms with Gasteiger partial charge in [0.05, 0.1) is 24.1 Å². The lowest BCUT2D eigenvalue weighted by molar-refractivity contribution is 0.480. The number of aromatic nitrogens is 6. The third-order valence-corrected chi connectivity index (χ3v) is 8.04. The number of rotatable bonds is 9. The molecule has 1 saturated heterocycles. The molecule has 1 atom stereocenters. The van der Waals surface area contributed by atoms with E-state index in [9.17, 15) is 4.79 Å². The summed E-state index contributed by atoms with van der Waals surface area (Å²) in [5, 5.41) is 14.3. The van der Waals surface area contributed by atoms with Crippen LogP contribution in [0.1, 0.15) is 43.4 Å². The first-order valence-corrected chi connectivity index (χ1v) is 15.1. The second-order valence-electron chi connectivity index (χ2n) is 11.2. The van der Waals surface area contributed by atoms with Crippen LogP contribution in [0.15, 0.2) is 84.4 Å². The molecule has 2 aliphatic rings. The lowest BCUT2D eigenvalue weighted by atomic mass is 10.1. The molecule has 1 fully saturated rings. The van der Waals surface area contributed by atoms with Gasteiger partial charge < -0.3 is 21.3 Å². The average molecular weight is 587 g/mol. The zero-order valence-electron chi connectivity index (χ0n) is 24.3. The molecule has 1 aliphatic carbocycles. The predicted octanol–water partition coefficient (Wildman–Crippen LogP) is 5.24. The van der Waals surface area contributed by atoms with Gasteiger partial charge in [0.1, 0.15) is 17.7 Å². The molecule has 0 amide bonds. The highest BCUT2D eigenvalue weighted by atomic mass is 16.1. The van der Waals surface area contributed by atoms with E-state index in [-0.39, 0.29) is 12.1 Å². The molecule has 0 radical (unpaired) electrons. The van der Waals surface area contributed by atoms with Gasteiger partial charge in [0.15, 0.2) is 0 Å². The monoisotopic (exact) mass is 586 g/mol. The topological polar surface area (TPSA) is 135 Å². The highest BCUT2D eigenvalue weighted by Crippen LogP contribution is 2.29. The quantitative estimate of drug-likeness (QED) is 0.182. The van der Waals surface area contributed by atoms with Gasteiger partial charge in [-0.1, -0.05) is 6.08 Å². The Labute approximate surface area is 254 Å². The van der Waals surface area contributed by atoms with E-state index in [4.69, 9.17) is 4.98 Å². The van der Waals surface area contributed by atoms with Crippen molar-refractivity contribution in [1.29, 1.82) is 0 Å². The Balaban J connectivity index is 1.22. The summed E-state index contributed by atoms with van der Waals surface area (Å²) in [4.78, 5) is 36.5. The Bertz CT molecular complexity index is 1850. The van der Waals surface area contributed by atoms with Crippen molar-refractivity contribution in [1.82, 2.24) is 34.8 Å². The maximum atomic E-state index is 14.0. The molecule has 222 valence electrons. The van der Waals surface area contributed by atoms with Crippen LogP contribution < -0.4 is 26.8 Å². The van der Waals surface area contributed by atoms with Crippen molar-refractivity contribution in [2.45, 2.75) is 44.7 Å². The van der Waals surface area contributed by atoms with Crippen molar-refractivity contribution in [3.05, 3.63) is 101 Å². The first-order valence-electron chi connectivity index (χ1n) is 15.1. The molecule has 44 heavy (non-hydrogen) atoms. The number of anilines is 5. The summed E-state index contributed by atoms with van der Waals surface area (Å²) in [5.74, 6) is 0.402.